The maximum Gasteiger partial charge on any atom is 0.471 e. The lowest BCUT2D eigenvalue weighted by Gasteiger charge is -2.14. The van der Waals surface area contributed by atoms with Gasteiger partial charge in [-0.05, 0) is 24.3 Å². The average molecular weight is 316 g/mol. The molecular weight excluding hydrogens is 305 g/mol. The van der Waals surface area contributed by atoms with Gasteiger partial charge in [-0.1, -0.05) is 5.16 Å². The van der Waals surface area contributed by atoms with E-state index < -0.39 is 18.1 Å². The van der Waals surface area contributed by atoms with Gasteiger partial charge in [0.2, 0.25) is 5.82 Å². The van der Waals surface area contributed by atoms with Crippen molar-refractivity contribution in [1.82, 2.24) is 15.2 Å². The number of urea groups is 1. The molecule has 2 amide bonds. The molecule has 1 aromatic carbocycles. The maximum absolute atomic E-state index is 12.4. The van der Waals surface area contributed by atoms with E-state index in [9.17, 15) is 18.0 Å². The molecule has 1 N–H and O–H groups in total. The molecule has 0 aliphatic heterocycles. The maximum atomic E-state index is 12.4. The van der Waals surface area contributed by atoms with Crippen LogP contribution in [-0.4, -0.2) is 35.4 Å². The SMILES string of the molecule is CON(C)C(=O)Nc1ccc(-c2noc(C(F)(F)F)n2)cc1. The second-order valence-electron chi connectivity index (χ2n) is 4.11. The summed E-state index contributed by atoms with van der Waals surface area (Å²) in [7, 11) is 2.75. The highest BCUT2D eigenvalue weighted by Gasteiger charge is 2.38. The van der Waals surface area contributed by atoms with Crippen molar-refractivity contribution in [1.29, 1.82) is 0 Å². The first-order chi connectivity index (χ1) is 10.3. The van der Waals surface area contributed by atoms with Gasteiger partial charge in [0.05, 0.1) is 7.11 Å². The number of nitrogens with one attached hydrogen (secondary N) is 1. The Kier molecular flexibility index (Phi) is 4.31. The lowest BCUT2D eigenvalue weighted by Crippen LogP contribution is -2.30. The van der Waals surface area contributed by atoms with Crippen LogP contribution in [-0.2, 0) is 11.0 Å². The number of rotatable bonds is 3. The minimum absolute atomic E-state index is 0.195. The largest absolute Gasteiger partial charge is 0.471 e. The molecule has 0 fully saturated rings. The van der Waals surface area contributed by atoms with Crippen molar-refractivity contribution in [2.75, 3.05) is 19.5 Å². The minimum Gasteiger partial charge on any atom is -0.329 e. The van der Waals surface area contributed by atoms with Gasteiger partial charge in [0, 0.05) is 18.3 Å². The number of carbonyl (C=O) groups excluding carboxylic acids is 1. The fourth-order valence-corrected chi connectivity index (χ4v) is 1.44. The first-order valence-corrected chi connectivity index (χ1v) is 5.91. The molecule has 0 atom stereocenters. The van der Waals surface area contributed by atoms with Crippen LogP contribution in [0.5, 0.6) is 0 Å². The average Bonchev–Trinajstić information content (AvgIpc) is 2.97. The van der Waals surface area contributed by atoms with E-state index in [0.717, 1.165) is 5.06 Å². The zero-order valence-corrected chi connectivity index (χ0v) is 11.5. The summed E-state index contributed by atoms with van der Waals surface area (Å²) < 4.78 is 41.3. The third kappa shape index (κ3) is 3.52. The Balaban J connectivity index is 2.12. The Labute approximate surface area is 122 Å². The lowest BCUT2D eigenvalue weighted by atomic mass is 10.2. The summed E-state index contributed by atoms with van der Waals surface area (Å²) in [5.41, 5.74) is 0.745. The molecule has 22 heavy (non-hydrogen) atoms. The normalized spacial score (nSPS) is 11.3. The Morgan fingerprint density at radius 3 is 2.45 bits per heavy atom. The van der Waals surface area contributed by atoms with Gasteiger partial charge >= 0.3 is 18.1 Å². The zero-order chi connectivity index (χ0) is 16.3. The molecule has 2 rings (SSSR count). The summed E-state index contributed by atoms with van der Waals surface area (Å²) >= 11 is 0. The van der Waals surface area contributed by atoms with E-state index in [1.165, 1.54) is 38.4 Å². The lowest BCUT2D eigenvalue weighted by molar-refractivity contribution is -0.159. The van der Waals surface area contributed by atoms with Crippen LogP contribution in [0, 0.1) is 0 Å². The third-order valence-corrected chi connectivity index (χ3v) is 2.62. The van der Waals surface area contributed by atoms with E-state index in [2.05, 4.69) is 20.0 Å². The van der Waals surface area contributed by atoms with Crippen LogP contribution < -0.4 is 5.32 Å². The first-order valence-electron chi connectivity index (χ1n) is 5.91. The fraction of sp³-hybridized carbons (Fsp3) is 0.250. The predicted octanol–water partition coefficient (Wildman–Crippen LogP) is 2.78. The molecule has 0 aliphatic rings. The molecule has 0 unspecified atom stereocenters. The fourth-order valence-electron chi connectivity index (χ4n) is 1.44. The minimum atomic E-state index is -4.69. The number of carbonyl (C=O) groups is 1. The first kappa shape index (κ1) is 15.8. The monoisotopic (exact) mass is 316 g/mol. The highest BCUT2D eigenvalue weighted by atomic mass is 19.4. The third-order valence-electron chi connectivity index (χ3n) is 2.62. The highest BCUT2D eigenvalue weighted by Crippen LogP contribution is 2.29. The van der Waals surface area contributed by atoms with Gasteiger partial charge in [-0.2, -0.15) is 18.2 Å². The Bertz CT molecular complexity index is 654. The second kappa shape index (κ2) is 6.02. The van der Waals surface area contributed by atoms with Gasteiger partial charge in [0.25, 0.3) is 0 Å². The molecule has 0 bridgehead atoms. The number of amides is 2. The topological polar surface area (TPSA) is 80.5 Å². The van der Waals surface area contributed by atoms with E-state index in [4.69, 9.17) is 4.84 Å². The van der Waals surface area contributed by atoms with Crippen LogP contribution in [0.25, 0.3) is 11.4 Å². The smallest absolute Gasteiger partial charge is 0.329 e. The van der Waals surface area contributed by atoms with Crippen LogP contribution in [0.3, 0.4) is 0 Å². The molecule has 1 aromatic heterocycles. The molecule has 1 heterocycles. The zero-order valence-electron chi connectivity index (χ0n) is 11.5. The Morgan fingerprint density at radius 2 is 1.95 bits per heavy atom. The number of anilines is 1. The number of hydrogen-bond acceptors (Lipinski definition) is 5. The van der Waals surface area contributed by atoms with Crippen molar-refractivity contribution in [3.05, 3.63) is 30.2 Å². The highest BCUT2D eigenvalue weighted by molar-refractivity contribution is 5.88. The second-order valence-corrected chi connectivity index (χ2v) is 4.11. The van der Waals surface area contributed by atoms with E-state index in [1.54, 1.807) is 0 Å². The summed E-state index contributed by atoms with van der Waals surface area (Å²) in [6.45, 7) is 0. The Hall–Kier alpha value is -2.62. The standard InChI is InChI=1S/C12H11F3N4O3/c1-19(21-2)11(20)16-8-5-3-7(4-6-8)9-17-10(22-18-9)12(13,14)15/h3-6H,1-2H3,(H,16,20). The molecule has 0 aliphatic carbocycles. The number of halogens is 3. The van der Waals surface area contributed by atoms with Gasteiger partial charge in [0.1, 0.15) is 0 Å². The summed E-state index contributed by atoms with van der Waals surface area (Å²) in [4.78, 5) is 19.5. The van der Waals surface area contributed by atoms with Gasteiger partial charge in [-0.25, -0.2) is 9.86 Å². The molecule has 0 saturated heterocycles. The van der Waals surface area contributed by atoms with Crippen LogP contribution in [0.2, 0.25) is 0 Å². The van der Waals surface area contributed by atoms with Crippen LogP contribution in [0.15, 0.2) is 28.8 Å². The molecule has 7 nitrogen and oxygen atoms in total. The molecule has 10 heteroatoms. The van der Waals surface area contributed by atoms with E-state index >= 15 is 0 Å². The van der Waals surface area contributed by atoms with Crippen LogP contribution in [0.4, 0.5) is 23.7 Å². The van der Waals surface area contributed by atoms with E-state index in [1.807, 2.05) is 0 Å². The quantitative estimate of drug-likeness (QED) is 0.881. The molecule has 0 spiro atoms. The summed E-state index contributed by atoms with van der Waals surface area (Å²) in [5.74, 6) is -1.61. The van der Waals surface area contributed by atoms with Crippen molar-refractivity contribution in [2.45, 2.75) is 6.18 Å². The van der Waals surface area contributed by atoms with Gasteiger partial charge in [-0.15, -0.1) is 0 Å². The molecular formula is C12H11F3N4O3. The summed E-state index contributed by atoms with van der Waals surface area (Å²) in [6.07, 6.45) is -4.69. The van der Waals surface area contributed by atoms with Crippen molar-refractivity contribution in [2.24, 2.45) is 0 Å². The number of hydroxylamine groups is 2. The van der Waals surface area contributed by atoms with Crippen molar-refractivity contribution >= 4 is 11.7 Å². The van der Waals surface area contributed by atoms with Crippen LogP contribution in [0.1, 0.15) is 5.89 Å². The molecule has 0 saturated carbocycles. The van der Waals surface area contributed by atoms with Crippen molar-refractivity contribution in [3.63, 3.8) is 0 Å². The summed E-state index contributed by atoms with van der Waals surface area (Å²) in [6, 6.07) is 5.37. The predicted molar refractivity (Wildman–Crippen MR) is 68.5 cm³/mol. The van der Waals surface area contributed by atoms with Crippen molar-refractivity contribution < 1.29 is 27.3 Å². The summed E-state index contributed by atoms with van der Waals surface area (Å²) in [5, 5.41) is 6.76. The van der Waals surface area contributed by atoms with Gasteiger partial charge in [0.15, 0.2) is 0 Å². The molecule has 0 radical (unpaired) electrons. The number of aromatic nitrogens is 2. The Morgan fingerprint density at radius 1 is 1.32 bits per heavy atom. The van der Waals surface area contributed by atoms with Gasteiger partial charge < -0.3 is 9.84 Å². The van der Waals surface area contributed by atoms with E-state index in [-0.39, 0.29) is 5.82 Å². The molecule has 118 valence electrons. The molecule has 2 aromatic rings. The number of benzene rings is 1. The van der Waals surface area contributed by atoms with Crippen LogP contribution >= 0.6 is 0 Å². The van der Waals surface area contributed by atoms with Crippen molar-refractivity contribution in [3.8, 4) is 11.4 Å². The number of alkyl halides is 3. The number of hydrogen-bond donors (Lipinski definition) is 1. The number of nitrogens with zero attached hydrogens (tertiary/aromatic N) is 3. The van der Waals surface area contributed by atoms with Gasteiger partial charge in [-0.3, -0.25) is 4.84 Å². The van der Waals surface area contributed by atoms with E-state index in [0.29, 0.717) is 11.3 Å².